The largest absolute Gasteiger partial charge is 0.356 e. The third kappa shape index (κ3) is 4.49. The van der Waals surface area contributed by atoms with E-state index in [4.69, 9.17) is 0 Å². The molecular formula is C20H29N7O2S. The van der Waals surface area contributed by atoms with Crippen molar-refractivity contribution in [3.8, 4) is 0 Å². The fourth-order valence-corrected chi connectivity index (χ4v) is 5.84. The van der Waals surface area contributed by atoms with Gasteiger partial charge in [-0.2, -0.15) is 5.10 Å². The van der Waals surface area contributed by atoms with Gasteiger partial charge in [0.2, 0.25) is 10.0 Å². The fraction of sp³-hybridized carbons (Fsp3) is 0.550. The quantitative estimate of drug-likeness (QED) is 0.593. The molecule has 1 aliphatic rings. The second-order valence-electron chi connectivity index (χ2n) is 8.24. The van der Waals surface area contributed by atoms with Crippen LogP contribution in [0.5, 0.6) is 0 Å². The van der Waals surface area contributed by atoms with Crippen LogP contribution in [-0.2, 0) is 23.6 Å². The smallest absolute Gasteiger partial charge is 0.212 e. The van der Waals surface area contributed by atoms with Crippen LogP contribution in [0.15, 0.2) is 24.8 Å². The predicted octanol–water partition coefficient (Wildman–Crippen LogP) is 2.11. The molecule has 9 nitrogen and oxygen atoms in total. The summed E-state index contributed by atoms with van der Waals surface area (Å²) in [6.45, 7) is 2.18. The molecule has 3 heterocycles. The summed E-state index contributed by atoms with van der Waals surface area (Å²) < 4.78 is 29.6. The molecule has 1 saturated carbocycles. The highest BCUT2D eigenvalue weighted by molar-refractivity contribution is 7.89. The molecule has 0 radical (unpaired) electrons. The zero-order valence-electron chi connectivity index (χ0n) is 17.7. The second-order valence-corrected chi connectivity index (χ2v) is 10.1. The zero-order chi connectivity index (χ0) is 21.3. The first kappa shape index (κ1) is 20.8. The Morgan fingerprint density at radius 3 is 2.73 bits per heavy atom. The molecule has 1 aliphatic carbocycles. The summed E-state index contributed by atoms with van der Waals surface area (Å²) in [5.74, 6) is 1.28. The van der Waals surface area contributed by atoms with Crippen LogP contribution >= 0.6 is 0 Å². The first-order valence-electron chi connectivity index (χ1n) is 10.3. The fourth-order valence-electron chi connectivity index (χ4n) is 4.39. The minimum absolute atomic E-state index is 0.179. The number of rotatable bonds is 7. The van der Waals surface area contributed by atoms with Gasteiger partial charge in [-0.1, -0.05) is 0 Å². The van der Waals surface area contributed by atoms with Gasteiger partial charge in [-0.15, -0.1) is 0 Å². The van der Waals surface area contributed by atoms with Gasteiger partial charge in [-0.25, -0.2) is 23.1 Å². The minimum Gasteiger partial charge on any atom is -0.356 e. The van der Waals surface area contributed by atoms with Gasteiger partial charge in [0.25, 0.3) is 0 Å². The number of aryl methyl sites for hydroxylation is 2. The Kier molecular flexibility index (Phi) is 5.79. The molecule has 0 spiro atoms. The van der Waals surface area contributed by atoms with Crippen LogP contribution in [-0.4, -0.2) is 52.0 Å². The molecule has 0 aromatic carbocycles. The highest BCUT2D eigenvalue weighted by Gasteiger charge is 2.28. The number of anilines is 1. The van der Waals surface area contributed by atoms with Crippen molar-refractivity contribution in [1.29, 1.82) is 0 Å². The topological polar surface area (TPSA) is 109 Å². The van der Waals surface area contributed by atoms with Crippen molar-refractivity contribution in [2.45, 2.75) is 45.2 Å². The Morgan fingerprint density at radius 1 is 1.27 bits per heavy atom. The van der Waals surface area contributed by atoms with Crippen LogP contribution in [0, 0.1) is 12.8 Å². The summed E-state index contributed by atoms with van der Waals surface area (Å²) in [6.07, 6.45) is 9.00. The number of nitrogens with one attached hydrogen (secondary N) is 2. The number of hydrogen-bond acceptors (Lipinski definition) is 6. The predicted molar refractivity (Wildman–Crippen MR) is 117 cm³/mol. The minimum atomic E-state index is -3.32. The van der Waals surface area contributed by atoms with E-state index in [0.29, 0.717) is 12.6 Å². The second kappa shape index (κ2) is 8.35. The maximum absolute atomic E-state index is 12.6. The van der Waals surface area contributed by atoms with Gasteiger partial charge < -0.3 is 9.88 Å². The van der Waals surface area contributed by atoms with Gasteiger partial charge in [0.05, 0.1) is 16.8 Å². The van der Waals surface area contributed by atoms with Gasteiger partial charge in [-0.3, -0.25) is 4.68 Å². The van der Waals surface area contributed by atoms with E-state index in [-0.39, 0.29) is 11.7 Å². The lowest BCUT2D eigenvalue weighted by molar-refractivity contribution is 0.340. The number of sulfonamides is 1. The summed E-state index contributed by atoms with van der Waals surface area (Å²) in [6, 6.07) is 2.35. The molecule has 4 rings (SSSR count). The highest BCUT2D eigenvalue weighted by Crippen LogP contribution is 2.32. The molecule has 3 aromatic rings. The molecule has 30 heavy (non-hydrogen) atoms. The number of hydrogen-bond donors (Lipinski definition) is 2. The Bertz CT molecular complexity index is 1110. The average Bonchev–Trinajstić information content (AvgIpc) is 3.31. The summed E-state index contributed by atoms with van der Waals surface area (Å²) >= 11 is 0. The van der Waals surface area contributed by atoms with Crippen LogP contribution < -0.4 is 9.62 Å². The van der Waals surface area contributed by atoms with Crippen molar-refractivity contribution < 1.29 is 8.42 Å². The number of aromatic amines is 1. The van der Waals surface area contributed by atoms with Crippen molar-refractivity contribution in [2.75, 3.05) is 17.7 Å². The Balaban J connectivity index is 1.32. The molecule has 0 atom stereocenters. The Labute approximate surface area is 177 Å². The third-order valence-electron chi connectivity index (χ3n) is 6.08. The van der Waals surface area contributed by atoms with Crippen LogP contribution in [0.25, 0.3) is 11.0 Å². The van der Waals surface area contributed by atoms with Crippen molar-refractivity contribution in [1.82, 2.24) is 29.5 Å². The Morgan fingerprint density at radius 2 is 2.03 bits per heavy atom. The third-order valence-corrected chi connectivity index (χ3v) is 7.58. The molecule has 1 fully saturated rings. The van der Waals surface area contributed by atoms with E-state index >= 15 is 0 Å². The van der Waals surface area contributed by atoms with Crippen molar-refractivity contribution >= 4 is 26.9 Å². The molecule has 162 valence electrons. The first-order chi connectivity index (χ1) is 14.3. The van der Waals surface area contributed by atoms with Gasteiger partial charge in [0, 0.05) is 44.6 Å². The molecule has 2 N–H and O–H groups in total. The average molecular weight is 432 g/mol. The van der Waals surface area contributed by atoms with Gasteiger partial charge in [-0.05, 0) is 44.6 Å². The number of H-pyrrole nitrogens is 1. The number of aromatic nitrogens is 5. The van der Waals surface area contributed by atoms with Crippen LogP contribution in [0.2, 0.25) is 0 Å². The van der Waals surface area contributed by atoms with E-state index in [9.17, 15) is 8.42 Å². The molecule has 0 amide bonds. The van der Waals surface area contributed by atoms with E-state index in [1.54, 1.807) is 11.0 Å². The van der Waals surface area contributed by atoms with Gasteiger partial charge in [0.15, 0.2) is 0 Å². The number of nitrogens with zero attached hydrogens (tertiary/aromatic N) is 5. The molecule has 0 bridgehead atoms. The summed E-state index contributed by atoms with van der Waals surface area (Å²) in [5.41, 5.74) is 2.60. The van der Waals surface area contributed by atoms with Crippen LogP contribution in [0.1, 0.15) is 36.9 Å². The van der Waals surface area contributed by atoms with Crippen LogP contribution in [0.4, 0.5) is 5.82 Å². The van der Waals surface area contributed by atoms with E-state index in [1.165, 1.54) is 0 Å². The zero-order valence-corrected chi connectivity index (χ0v) is 18.5. The van der Waals surface area contributed by atoms with Crippen molar-refractivity contribution in [3.05, 3.63) is 36.0 Å². The molecule has 3 aromatic heterocycles. The summed E-state index contributed by atoms with van der Waals surface area (Å²) in [7, 11) is 0.577. The molecule has 0 aliphatic heterocycles. The van der Waals surface area contributed by atoms with Crippen molar-refractivity contribution in [3.63, 3.8) is 0 Å². The Hall–Kier alpha value is -2.46. The molecule has 0 saturated heterocycles. The maximum atomic E-state index is 12.6. The molecule has 10 heteroatoms. The van der Waals surface area contributed by atoms with E-state index in [0.717, 1.165) is 53.8 Å². The SMILES string of the molecule is Cc1nn(C)cc1CNS(=O)(=O)CC1CCC(N(C)c2ncnc3[nH]ccc23)CC1. The van der Waals surface area contributed by atoms with Crippen molar-refractivity contribution in [2.24, 2.45) is 13.0 Å². The lowest BCUT2D eigenvalue weighted by atomic mass is 9.86. The summed E-state index contributed by atoms with van der Waals surface area (Å²) in [4.78, 5) is 14.1. The molecule has 0 unspecified atom stereocenters. The molecular weight excluding hydrogens is 402 g/mol. The van der Waals surface area contributed by atoms with E-state index in [1.807, 2.05) is 32.4 Å². The normalized spacial score (nSPS) is 20.0. The first-order valence-corrected chi connectivity index (χ1v) is 11.9. The van der Waals surface area contributed by atoms with E-state index in [2.05, 4.69) is 36.7 Å². The number of fused-ring (bicyclic) bond motifs is 1. The van der Waals surface area contributed by atoms with Gasteiger partial charge in [0.1, 0.15) is 17.8 Å². The standard InChI is InChI=1S/C20H29N7O2S/c1-14-16(11-26(2)25-14)10-24-30(28,29)12-15-4-6-17(7-5-15)27(3)20-18-8-9-21-19(18)22-13-23-20/h8-9,11,13,15,17,24H,4-7,10,12H2,1-3H3,(H,21,22,23). The van der Waals surface area contributed by atoms with E-state index < -0.39 is 10.0 Å². The van der Waals surface area contributed by atoms with Gasteiger partial charge >= 0.3 is 0 Å². The maximum Gasteiger partial charge on any atom is 0.212 e. The lowest BCUT2D eigenvalue weighted by Gasteiger charge is -2.35. The lowest BCUT2D eigenvalue weighted by Crippen LogP contribution is -2.38. The van der Waals surface area contributed by atoms with Crippen LogP contribution in [0.3, 0.4) is 0 Å². The monoisotopic (exact) mass is 431 g/mol. The highest BCUT2D eigenvalue weighted by atomic mass is 32.2. The summed E-state index contributed by atoms with van der Waals surface area (Å²) in [5, 5.41) is 5.27.